The molecule has 1 saturated carbocycles. The zero-order chi connectivity index (χ0) is 15.4. The minimum atomic E-state index is -0.0661. The highest BCUT2D eigenvalue weighted by molar-refractivity contribution is 7.99. The molecule has 0 radical (unpaired) electrons. The summed E-state index contributed by atoms with van der Waals surface area (Å²) in [4.78, 5) is 11.9. The lowest BCUT2D eigenvalue weighted by atomic mass is 10.2. The van der Waals surface area contributed by atoms with Crippen LogP contribution in [0.4, 0.5) is 5.82 Å². The first-order valence-corrected chi connectivity index (χ1v) is 8.52. The van der Waals surface area contributed by atoms with Crippen LogP contribution in [0.3, 0.4) is 0 Å². The molecule has 0 spiro atoms. The van der Waals surface area contributed by atoms with Gasteiger partial charge in [-0.1, -0.05) is 12.8 Å². The van der Waals surface area contributed by atoms with E-state index in [0.29, 0.717) is 23.4 Å². The van der Waals surface area contributed by atoms with Crippen molar-refractivity contribution in [3.8, 4) is 0 Å². The smallest absolute Gasteiger partial charge is 0.235 e. The van der Waals surface area contributed by atoms with Crippen LogP contribution in [-0.4, -0.2) is 41.6 Å². The van der Waals surface area contributed by atoms with Crippen LogP contribution in [0.15, 0.2) is 12.3 Å². The Kier molecular flexibility index (Phi) is 4.71. The molecule has 1 fully saturated rings. The van der Waals surface area contributed by atoms with Crippen molar-refractivity contribution in [1.29, 1.82) is 0 Å². The van der Waals surface area contributed by atoms with E-state index in [1.807, 2.05) is 11.7 Å². The summed E-state index contributed by atoms with van der Waals surface area (Å²) < 4.78 is 3.58. The Bertz CT molecular complexity index is 632. The number of tetrazole rings is 1. The fourth-order valence-electron chi connectivity index (χ4n) is 2.64. The molecular weight excluding hydrogens is 302 g/mol. The van der Waals surface area contributed by atoms with Crippen LogP contribution in [0.5, 0.6) is 0 Å². The van der Waals surface area contributed by atoms with Gasteiger partial charge in [0.05, 0.1) is 17.5 Å². The van der Waals surface area contributed by atoms with Crippen LogP contribution in [0.2, 0.25) is 0 Å². The number of carbonyl (C=O) groups excluding carboxylic acids is 1. The number of nitrogens with zero attached hydrogens (tertiary/aromatic N) is 6. The monoisotopic (exact) mass is 321 g/mol. The van der Waals surface area contributed by atoms with Crippen molar-refractivity contribution in [2.75, 3.05) is 11.1 Å². The van der Waals surface area contributed by atoms with Gasteiger partial charge in [0.2, 0.25) is 5.91 Å². The Morgan fingerprint density at radius 3 is 3.00 bits per heavy atom. The zero-order valence-electron chi connectivity index (χ0n) is 12.5. The second-order valence-corrected chi connectivity index (χ2v) is 6.38. The number of nitrogens with one attached hydrogen (secondary N) is 1. The lowest BCUT2D eigenvalue weighted by molar-refractivity contribution is -0.113. The van der Waals surface area contributed by atoms with E-state index in [0.717, 1.165) is 18.7 Å². The molecule has 0 aliphatic heterocycles. The quantitative estimate of drug-likeness (QED) is 0.864. The maximum absolute atomic E-state index is 11.9. The van der Waals surface area contributed by atoms with Crippen LogP contribution < -0.4 is 5.32 Å². The molecule has 0 saturated heterocycles. The molecule has 1 aliphatic rings. The largest absolute Gasteiger partial charge is 0.308 e. The third kappa shape index (κ3) is 3.65. The average Bonchev–Trinajstić information content (AvgIpc) is 3.20. The number of amides is 1. The lowest BCUT2D eigenvalue weighted by Gasteiger charge is -2.10. The fourth-order valence-corrected chi connectivity index (χ4v) is 3.37. The van der Waals surface area contributed by atoms with Crippen LogP contribution in [0, 0.1) is 0 Å². The molecule has 0 atom stereocenters. The molecule has 22 heavy (non-hydrogen) atoms. The summed E-state index contributed by atoms with van der Waals surface area (Å²) >= 11 is 1.51. The minimum absolute atomic E-state index is 0.0661. The molecule has 8 nitrogen and oxygen atoms in total. The van der Waals surface area contributed by atoms with Crippen molar-refractivity contribution in [1.82, 2.24) is 30.0 Å². The van der Waals surface area contributed by atoms with E-state index in [-0.39, 0.29) is 5.91 Å². The van der Waals surface area contributed by atoms with Crippen LogP contribution in [0.25, 0.3) is 0 Å². The molecule has 1 amide bonds. The van der Waals surface area contributed by atoms with Crippen molar-refractivity contribution >= 4 is 23.5 Å². The number of aryl methyl sites for hydroxylation is 1. The van der Waals surface area contributed by atoms with Gasteiger partial charge in [0.25, 0.3) is 0 Å². The van der Waals surface area contributed by atoms with Crippen LogP contribution >= 0.6 is 11.8 Å². The molecule has 118 valence electrons. The summed E-state index contributed by atoms with van der Waals surface area (Å²) in [6.07, 6.45) is 6.55. The third-order valence-corrected chi connectivity index (χ3v) is 4.61. The number of thioether (sulfide) groups is 1. The van der Waals surface area contributed by atoms with Crippen molar-refractivity contribution < 1.29 is 4.79 Å². The second kappa shape index (κ2) is 6.91. The van der Waals surface area contributed by atoms with Gasteiger partial charge in [-0.3, -0.25) is 9.48 Å². The molecule has 1 aliphatic carbocycles. The molecule has 0 bridgehead atoms. The van der Waals surface area contributed by atoms with Gasteiger partial charge in [0.15, 0.2) is 11.6 Å². The Morgan fingerprint density at radius 1 is 1.45 bits per heavy atom. The highest BCUT2D eigenvalue weighted by Crippen LogP contribution is 2.29. The van der Waals surface area contributed by atoms with Crippen LogP contribution in [-0.2, 0) is 17.6 Å². The topological polar surface area (TPSA) is 90.5 Å². The second-order valence-electron chi connectivity index (χ2n) is 5.39. The van der Waals surface area contributed by atoms with Gasteiger partial charge < -0.3 is 5.32 Å². The van der Waals surface area contributed by atoms with Gasteiger partial charge in [-0.15, -0.1) is 16.9 Å². The predicted molar refractivity (Wildman–Crippen MR) is 83.3 cm³/mol. The standard InChI is InChI=1S/C13H19N7OS/c1-19-7-6-11(16-19)14-13(21)9-22-8-12-15-17-18-20(12)10-4-2-3-5-10/h6-7,10H,2-5,8-9H2,1H3,(H,14,16,21). The number of aromatic nitrogens is 6. The lowest BCUT2D eigenvalue weighted by Crippen LogP contribution is -2.15. The Hall–Kier alpha value is -1.90. The molecule has 0 aromatic carbocycles. The van der Waals surface area contributed by atoms with Crippen molar-refractivity contribution in [3.05, 3.63) is 18.1 Å². The molecule has 2 aromatic rings. The van der Waals surface area contributed by atoms with Crippen molar-refractivity contribution in [2.24, 2.45) is 7.05 Å². The molecule has 1 N–H and O–H groups in total. The summed E-state index contributed by atoms with van der Waals surface area (Å²) in [5, 5.41) is 18.8. The average molecular weight is 321 g/mol. The Labute approximate surface area is 132 Å². The normalized spacial score (nSPS) is 15.3. The van der Waals surface area contributed by atoms with E-state index in [1.54, 1.807) is 16.9 Å². The van der Waals surface area contributed by atoms with Crippen molar-refractivity contribution in [2.45, 2.75) is 37.5 Å². The molecule has 3 rings (SSSR count). The van der Waals surface area contributed by atoms with Gasteiger partial charge in [0.1, 0.15) is 0 Å². The number of carbonyl (C=O) groups is 1. The van der Waals surface area contributed by atoms with Gasteiger partial charge in [-0.2, -0.15) is 5.10 Å². The Balaban J connectivity index is 1.47. The first-order chi connectivity index (χ1) is 10.7. The van der Waals surface area contributed by atoms with Gasteiger partial charge in [0, 0.05) is 19.3 Å². The maximum Gasteiger partial charge on any atom is 0.235 e. The number of rotatable bonds is 6. The van der Waals surface area contributed by atoms with Gasteiger partial charge >= 0.3 is 0 Å². The number of hydrogen-bond donors (Lipinski definition) is 1. The summed E-state index contributed by atoms with van der Waals surface area (Å²) in [5.74, 6) is 2.35. The van der Waals surface area contributed by atoms with E-state index in [9.17, 15) is 4.79 Å². The molecule has 9 heteroatoms. The third-order valence-electron chi connectivity index (χ3n) is 3.68. The molecular formula is C13H19N7OS. The first kappa shape index (κ1) is 15.0. The highest BCUT2D eigenvalue weighted by Gasteiger charge is 2.21. The molecule has 2 heterocycles. The van der Waals surface area contributed by atoms with E-state index >= 15 is 0 Å². The van der Waals surface area contributed by atoms with E-state index in [1.165, 1.54) is 24.6 Å². The molecule has 2 aromatic heterocycles. The number of hydrogen-bond acceptors (Lipinski definition) is 6. The van der Waals surface area contributed by atoms with E-state index in [2.05, 4.69) is 25.9 Å². The fraction of sp³-hybridized carbons (Fsp3) is 0.615. The summed E-state index contributed by atoms with van der Waals surface area (Å²) in [7, 11) is 1.81. The van der Waals surface area contributed by atoms with Gasteiger partial charge in [-0.25, -0.2) is 4.68 Å². The molecule has 0 unspecified atom stereocenters. The van der Waals surface area contributed by atoms with Crippen LogP contribution in [0.1, 0.15) is 37.5 Å². The summed E-state index contributed by atoms with van der Waals surface area (Å²) in [6.45, 7) is 0. The Morgan fingerprint density at radius 2 is 2.27 bits per heavy atom. The first-order valence-electron chi connectivity index (χ1n) is 7.36. The summed E-state index contributed by atoms with van der Waals surface area (Å²) in [5.41, 5.74) is 0. The minimum Gasteiger partial charge on any atom is -0.308 e. The van der Waals surface area contributed by atoms with E-state index < -0.39 is 0 Å². The van der Waals surface area contributed by atoms with Gasteiger partial charge in [-0.05, 0) is 23.3 Å². The predicted octanol–water partition coefficient (Wildman–Crippen LogP) is 1.39. The SMILES string of the molecule is Cn1ccc(NC(=O)CSCc2nnnn2C2CCCC2)n1. The zero-order valence-corrected chi connectivity index (χ0v) is 13.3. The maximum atomic E-state index is 11.9. The van der Waals surface area contributed by atoms with E-state index in [4.69, 9.17) is 0 Å². The summed E-state index contributed by atoms with van der Waals surface area (Å²) in [6, 6.07) is 2.19. The number of anilines is 1. The van der Waals surface area contributed by atoms with Crippen molar-refractivity contribution in [3.63, 3.8) is 0 Å². The highest BCUT2D eigenvalue weighted by atomic mass is 32.2.